The molecule has 1 saturated carbocycles. The van der Waals surface area contributed by atoms with Gasteiger partial charge in [-0.15, -0.1) is 0 Å². The summed E-state index contributed by atoms with van der Waals surface area (Å²) in [4.78, 5) is 34.4. The van der Waals surface area contributed by atoms with Gasteiger partial charge in [0.2, 0.25) is 0 Å². The second-order valence-corrected chi connectivity index (χ2v) is 10.4. The zero-order valence-corrected chi connectivity index (χ0v) is 19.5. The third-order valence-corrected chi connectivity index (χ3v) is 7.20. The van der Waals surface area contributed by atoms with Crippen LogP contribution in [0.5, 0.6) is 0 Å². The lowest BCUT2D eigenvalue weighted by molar-refractivity contribution is -0.134. The van der Waals surface area contributed by atoms with E-state index in [-0.39, 0.29) is 30.1 Å². The van der Waals surface area contributed by atoms with Gasteiger partial charge >= 0.3 is 6.03 Å². The van der Waals surface area contributed by atoms with Gasteiger partial charge in [0.25, 0.3) is 5.91 Å². The van der Waals surface area contributed by atoms with Crippen molar-refractivity contribution >= 4 is 11.9 Å². The van der Waals surface area contributed by atoms with Crippen molar-refractivity contribution in [2.45, 2.75) is 58.0 Å². The summed E-state index contributed by atoms with van der Waals surface area (Å²) < 4.78 is 0. The molecule has 1 aromatic carbocycles. The maximum absolute atomic E-state index is 13.5. The highest BCUT2D eigenvalue weighted by Crippen LogP contribution is 2.43. The van der Waals surface area contributed by atoms with E-state index in [0.717, 1.165) is 24.1 Å². The maximum atomic E-state index is 13.5. The SMILES string of the molecule is CN(CN1C(=O)NC2(CCC(C(C)(C)C)CC2)C1=O)[C@H](c1ccccc1)c1ccccn1. The van der Waals surface area contributed by atoms with Crippen LogP contribution in [-0.2, 0) is 4.79 Å². The Bertz CT molecular complexity index is 907. The number of pyridine rings is 1. The summed E-state index contributed by atoms with van der Waals surface area (Å²) in [7, 11) is 1.94. The molecule has 6 heteroatoms. The highest BCUT2D eigenvalue weighted by Gasteiger charge is 2.53. The third-order valence-electron chi connectivity index (χ3n) is 7.20. The Hall–Kier alpha value is -2.73. The topological polar surface area (TPSA) is 65.5 Å². The van der Waals surface area contributed by atoms with Crippen molar-refractivity contribution in [1.82, 2.24) is 20.1 Å². The molecule has 32 heavy (non-hydrogen) atoms. The van der Waals surface area contributed by atoms with Crippen LogP contribution in [0, 0.1) is 11.3 Å². The smallest absolute Gasteiger partial charge is 0.323 e. The van der Waals surface area contributed by atoms with Gasteiger partial charge in [0, 0.05) is 6.20 Å². The Morgan fingerprint density at radius 1 is 1.09 bits per heavy atom. The fourth-order valence-electron chi connectivity index (χ4n) is 5.25. The Morgan fingerprint density at radius 3 is 2.34 bits per heavy atom. The number of urea groups is 1. The lowest BCUT2D eigenvalue weighted by Crippen LogP contribution is -2.51. The van der Waals surface area contributed by atoms with Crippen LogP contribution in [0.15, 0.2) is 54.7 Å². The van der Waals surface area contributed by atoms with Gasteiger partial charge in [-0.1, -0.05) is 57.2 Å². The largest absolute Gasteiger partial charge is 0.326 e. The number of imide groups is 1. The summed E-state index contributed by atoms with van der Waals surface area (Å²) in [5, 5.41) is 3.06. The van der Waals surface area contributed by atoms with Crippen LogP contribution in [0.1, 0.15) is 63.8 Å². The third kappa shape index (κ3) is 4.29. The number of carbonyl (C=O) groups is 2. The van der Waals surface area contributed by atoms with Gasteiger partial charge in [0.1, 0.15) is 5.54 Å². The first-order valence-corrected chi connectivity index (χ1v) is 11.5. The molecule has 1 N–H and O–H groups in total. The second kappa shape index (κ2) is 8.66. The van der Waals surface area contributed by atoms with Crippen molar-refractivity contribution in [3.05, 3.63) is 66.0 Å². The van der Waals surface area contributed by atoms with E-state index >= 15 is 0 Å². The van der Waals surface area contributed by atoms with Crippen LogP contribution in [0.3, 0.4) is 0 Å². The summed E-state index contributed by atoms with van der Waals surface area (Å²) in [6, 6.07) is 15.5. The van der Waals surface area contributed by atoms with Gasteiger partial charge in [0.05, 0.1) is 18.4 Å². The van der Waals surface area contributed by atoms with E-state index in [2.05, 4.69) is 43.2 Å². The van der Waals surface area contributed by atoms with E-state index in [1.54, 1.807) is 6.20 Å². The van der Waals surface area contributed by atoms with E-state index in [1.807, 2.05) is 48.3 Å². The Kier molecular flexibility index (Phi) is 6.08. The lowest BCUT2D eigenvalue weighted by atomic mass is 9.67. The molecule has 2 fully saturated rings. The zero-order valence-electron chi connectivity index (χ0n) is 19.5. The van der Waals surface area contributed by atoms with Crippen molar-refractivity contribution < 1.29 is 9.59 Å². The predicted octanol–water partition coefficient (Wildman–Crippen LogP) is 4.59. The molecule has 0 unspecified atom stereocenters. The molecular formula is C26H34N4O2. The molecule has 0 bridgehead atoms. The van der Waals surface area contributed by atoms with Crippen molar-refractivity contribution in [1.29, 1.82) is 0 Å². The summed E-state index contributed by atoms with van der Waals surface area (Å²) in [5.41, 5.74) is 1.43. The second-order valence-electron chi connectivity index (χ2n) is 10.4. The maximum Gasteiger partial charge on any atom is 0.326 e. The number of nitrogens with one attached hydrogen (secondary N) is 1. The number of hydrogen-bond acceptors (Lipinski definition) is 4. The molecule has 1 aliphatic heterocycles. The number of aromatic nitrogens is 1. The first-order chi connectivity index (χ1) is 15.2. The normalized spacial score (nSPS) is 24.8. The standard InChI is InChI=1S/C26H34N4O2/c1-25(2,3)20-13-15-26(16-14-20)23(31)30(24(32)28-26)18-29(4)22(19-10-6-5-7-11-19)21-12-8-9-17-27-21/h5-12,17,20,22H,13-16,18H2,1-4H3,(H,28,32)/t20?,22-,26?/m1/s1. The van der Waals surface area contributed by atoms with E-state index in [9.17, 15) is 9.59 Å². The summed E-state index contributed by atoms with van der Waals surface area (Å²) in [6.45, 7) is 6.99. The Morgan fingerprint density at radius 2 is 1.75 bits per heavy atom. The molecule has 1 saturated heterocycles. The first kappa shape index (κ1) is 22.5. The molecule has 1 aromatic heterocycles. The van der Waals surface area contributed by atoms with Crippen molar-refractivity contribution in [3.63, 3.8) is 0 Å². The van der Waals surface area contributed by atoms with Gasteiger partial charge in [0.15, 0.2) is 0 Å². The quantitative estimate of drug-likeness (QED) is 0.699. The van der Waals surface area contributed by atoms with Gasteiger partial charge in [-0.3, -0.25) is 14.7 Å². The van der Waals surface area contributed by atoms with Crippen LogP contribution >= 0.6 is 0 Å². The number of carbonyl (C=O) groups excluding carboxylic acids is 2. The summed E-state index contributed by atoms with van der Waals surface area (Å²) in [6.07, 6.45) is 5.11. The molecule has 1 atom stereocenters. The van der Waals surface area contributed by atoms with Crippen LogP contribution in [-0.4, -0.2) is 46.0 Å². The molecule has 1 aliphatic carbocycles. The summed E-state index contributed by atoms with van der Waals surface area (Å²) in [5.74, 6) is 0.482. The van der Waals surface area contributed by atoms with E-state index in [1.165, 1.54) is 4.90 Å². The number of hydrogen-bond donors (Lipinski definition) is 1. The van der Waals surface area contributed by atoms with Crippen molar-refractivity contribution in [3.8, 4) is 0 Å². The fraction of sp³-hybridized carbons (Fsp3) is 0.500. The van der Waals surface area contributed by atoms with Crippen LogP contribution in [0.2, 0.25) is 0 Å². The fourth-order valence-corrected chi connectivity index (χ4v) is 5.25. The predicted molar refractivity (Wildman–Crippen MR) is 125 cm³/mol. The molecule has 1 spiro atoms. The Labute approximate surface area is 191 Å². The van der Waals surface area contributed by atoms with Crippen LogP contribution in [0.25, 0.3) is 0 Å². The van der Waals surface area contributed by atoms with Gasteiger partial charge in [-0.25, -0.2) is 9.69 Å². The zero-order chi connectivity index (χ0) is 22.9. The van der Waals surface area contributed by atoms with E-state index in [4.69, 9.17) is 0 Å². The molecule has 2 aliphatic rings. The molecule has 2 heterocycles. The molecular weight excluding hydrogens is 400 g/mol. The minimum Gasteiger partial charge on any atom is -0.323 e. The van der Waals surface area contributed by atoms with Crippen LogP contribution in [0.4, 0.5) is 4.79 Å². The van der Waals surface area contributed by atoms with Gasteiger partial charge in [-0.2, -0.15) is 0 Å². The van der Waals surface area contributed by atoms with Crippen LogP contribution < -0.4 is 5.32 Å². The number of benzene rings is 1. The highest BCUT2D eigenvalue weighted by atomic mass is 16.2. The van der Waals surface area contributed by atoms with Crippen molar-refractivity contribution in [2.24, 2.45) is 11.3 Å². The molecule has 6 nitrogen and oxygen atoms in total. The van der Waals surface area contributed by atoms with Crippen molar-refractivity contribution in [2.75, 3.05) is 13.7 Å². The molecule has 170 valence electrons. The highest BCUT2D eigenvalue weighted by molar-refractivity contribution is 6.07. The number of rotatable bonds is 5. The lowest BCUT2D eigenvalue weighted by Gasteiger charge is -2.40. The van der Waals surface area contributed by atoms with E-state index in [0.29, 0.717) is 18.8 Å². The summed E-state index contributed by atoms with van der Waals surface area (Å²) >= 11 is 0. The average molecular weight is 435 g/mol. The molecule has 3 amide bonds. The van der Waals surface area contributed by atoms with Gasteiger partial charge < -0.3 is 5.32 Å². The minimum absolute atomic E-state index is 0.0884. The first-order valence-electron chi connectivity index (χ1n) is 11.5. The number of nitrogens with zero attached hydrogens (tertiary/aromatic N) is 3. The molecule has 4 rings (SSSR count). The number of amides is 3. The van der Waals surface area contributed by atoms with E-state index < -0.39 is 5.54 Å². The van der Waals surface area contributed by atoms with Gasteiger partial charge in [-0.05, 0) is 61.8 Å². The Balaban J connectivity index is 1.53. The monoisotopic (exact) mass is 434 g/mol. The molecule has 0 radical (unpaired) electrons. The average Bonchev–Trinajstić information content (AvgIpc) is 2.99. The molecule has 2 aromatic rings. The minimum atomic E-state index is -0.743.